The number of benzene rings is 2. The van der Waals surface area contributed by atoms with E-state index >= 15 is 0 Å². The van der Waals surface area contributed by atoms with Crippen LogP contribution in [-0.2, 0) is 6.54 Å². The molecule has 128 valence electrons. The van der Waals surface area contributed by atoms with Gasteiger partial charge < -0.3 is 5.32 Å². The van der Waals surface area contributed by atoms with Crippen molar-refractivity contribution in [2.45, 2.75) is 23.4 Å². The zero-order chi connectivity index (χ0) is 17.7. The summed E-state index contributed by atoms with van der Waals surface area (Å²) in [7, 11) is 1.80. The summed E-state index contributed by atoms with van der Waals surface area (Å²) in [5.74, 6) is -0.286. The molecule has 1 amide bonds. The number of nitrogens with zero attached hydrogens (tertiary/aromatic N) is 1. The number of halogens is 3. The summed E-state index contributed by atoms with van der Waals surface area (Å²) in [6.45, 7) is 2.49. The van der Waals surface area contributed by atoms with Crippen molar-refractivity contribution in [2.75, 3.05) is 7.05 Å². The summed E-state index contributed by atoms with van der Waals surface area (Å²) in [5, 5.41) is 2.80. The first-order valence-corrected chi connectivity index (χ1v) is 8.59. The molecule has 0 aliphatic carbocycles. The van der Waals surface area contributed by atoms with E-state index in [1.807, 2.05) is 49.4 Å². The highest BCUT2D eigenvalue weighted by atomic mass is 35.6. The van der Waals surface area contributed by atoms with Crippen LogP contribution in [0.3, 0.4) is 0 Å². The minimum Gasteiger partial charge on any atom is -0.332 e. The van der Waals surface area contributed by atoms with E-state index in [9.17, 15) is 4.79 Å². The molecule has 0 aliphatic heterocycles. The standard InChI is InChI=1S/C18H19Cl3N2O/c1-13-8-10-15(11-9-13)16(24)22-17(18(19,20)21)23(2)12-14-6-4-3-5-7-14/h3-11,17H,12H2,1-2H3,(H,22,24)/t17-/m1/s1. The van der Waals surface area contributed by atoms with Crippen LogP contribution in [0.1, 0.15) is 21.5 Å². The molecular formula is C18H19Cl3N2O. The van der Waals surface area contributed by atoms with E-state index in [-0.39, 0.29) is 5.91 Å². The second-order valence-corrected chi connectivity index (χ2v) is 8.05. The van der Waals surface area contributed by atoms with Crippen LogP contribution in [-0.4, -0.2) is 27.8 Å². The Bertz CT molecular complexity index is 669. The Kier molecular flexibility index (Phi) is 6.53. The van der Waals surface area contributed by atoms with E-state index in [1.165, 1.54) is 0 Å². The van der Waals surface area contributed by atoms with Crippen LogP contribution in [0.25, 0.3) is 0 Å². The third-order valence-corrected chi connectivity index (χ3v) is 4.23. The quantitative estimate of drug-likeness (QED) is 0.605. The van der Waals surface area contributed by atoms with Crippen LogP contribution in [0, 0.1) is 6.92 Å². The fourth-order valence-corrected chi connectivity index (χ4v) is 2.98. The molecule has 0 saturated heterocycles. The summed E-state index contributed by atoms with van der Waals surface area (Å²) >= 11 is 18.3. The molecule has 0 saturated carbocycles. The number of hydrogen-bond donors (Lipinski definition) is 1. The Morgan fingerprint density at radius 3 is 2.21 bits per heavy atom. The van der Waals surface area contributed by atoms with Gasteiger partial charge in [-0.15, -0.1) is 0 Å². The van der Waals surface area contributed by atoms with Crippen molar-refractivity contribution in [1.82, 2.24) is 10.2 Å². The predicted octanol–water partition coefficient (Wildman–Crippen LogP) is 4.55. The molecule has 3 nitrogen and oxygen atoms in total. The first-order valence-electron chi connectivity index (χ1n) is 7.46. The number of hydrogen-bond acceptors (Lipinski definition) is 2. The van der Waals surface area contributed by atoms with Crippen LogP contribution in [0.5, 0.6) is 0 Å². The molecular weight excluding hydrogens is 367 g/mol. The van der Waals surface area contributed by atoms with Crippen LogP contribution < -0.4 is 5.32 Å². The van der Waals surface area contributed by atoms with Crippen LogP contribution in [0.2, 0.25) is 0 Å². The Morgan fingerprint density at radius 1 is 1.08 bits per heavy atom. The lowest BCUT2D eigenvalue weighted by Crippen LogP contribution is -2.53. The average Bonchev–Trinajstić information content (AvgIpc) is 2.52. The van der Waals surface area contributed by atoms with Gasteiger partial charge in [0.1, 0.15) is 6.17 Å². The Morgan fingerprint density at radius 2 is 1.67 bits per heavy atom. The minimum atomic E-state index is -1.66. The van der Waals surface area contributed by atoms with E-state index in [0.29, 0.717) is 12.1 Å². The maximum Gasteiger partial charge on any atom is 0.252 e. The van der Waals surface area contributed by atoms with Gasteiger partial charge in [0.05, 0.1) is 0 Å². The number of carbonyl (C=O) groups excluding carboxylic acids is 1. The number of aryl methyl sites for hydroxylation is 1. The Hall–Kier alpha value is -1.26. The second-order valence-electron chi connectivity index (χ2n) is 5.68. The molecule has 2 aromatic rings. The van der Waals surface area contributed by atoms with Gasteiger partial charge in [0, 0.05) is 12.1 Å². The van der Waals surface area contributed by atoms with Crippen molar-refractivity contribution in [2.24, 2.45) is 0 Å². The van der Waals surface area contributed by atoms with E-state index in [1.54, 1.807) is 24.1 Å². The third kappa shape index (κ3) is 5.38. The van der Waals surface area contributed by atoms with Crippen molar-refractivity contribution in [3.8, 4) is 0 Å². The molecule has 24 heavy (non-hydrogen) atoms. The molecule has 1 N–H and O–H groups in total. The molecule has 0 fully saturated rings. The SMILES string of the molecule is Cc1ccc(C(=O)N[C@H](N(C)Cc2ccccc2)C(Cl)(Cl)Cl)cc1. The summed E-state index contributed by atoms with van der Waals surface area (Å²) < 4.78 is -1.66. The molecule has 0 radical (unpaired) electrons. The van der Waals surface area contributed by atoms with Gasteiger partial charge in [0.25, 0.3) is 5.91 Å². The maximum absolute atomic E-state index is 12.5. The topological polar surface area (TPSA) is 32.3 Å². The molecule has 0 unspecified atom stereocenters. The molecule has 6 heteroatoms. The van der Waals surface area contributed by atoms with Crippen molar-refractivity contribution < 1.29 is 4.79 Å². The predicted molar refractivity (Wildman–Crippen MR) is 101 cm³/mol. The molecule has 0 heterocycles. The molecule has 0 aliphatic rings. The zero-order valence-electron chi connectivity index (χ0n) is 13.5. The van der Waals surface area contributed by atoms with Crippen LogP contribution >= 0.6 is 34.8 Å². The summed E-state index contributed by atoms with van der Waals surface area (Å²) in [6.07, 6.45) is -0.767. The summed E-state index contributed by atoms with van der Waals surface area (Å²) in [6, 6.07) is 17.0. The van der Waals surface area contributed by atoms with Crippen molar-refractivity contribution in [3.63, 3.8) is 0 Å². The van der Waals surface area contributed by atoms with E-state index in [2.05, 4.69) is 5.32 Å². The van der Waals surface area contributed by atoms with Gasteiger partial charge in [-0.25, -0.2) is 0 Å². The highest BCUT2D eigenvalue weighted by Gasteiger charge is 2.37. The lowest BCUT2D eigenvalue weighted by Gasteiger charge is -2.33. The smallest absolute Gasteiger partial charge is 0.252 e. The molecule has 2 rings (SSSR count). The Labute approximate surface area is 157 Å². The largest absolute Gasteiger partial charge is 0.332 e. The van der Waals surface area contributed by atoms with Gasteiger partial charge in [0.2, 0.25) is 3.79 Å². The molecule has 0 aromatic heterocycles. The highest BCUT2D eigenvalue weighted by Crippen LogP contribution is 2.32. The fourth-order valence-electron chi connectivity index (χ4n) is 2.32. The molecule has 0 bridgehead atoms. The summed E-state index contributed by atoms with van der Waals surface area (Å²) in [4.78, 5) is 14.3. The fraction of sp³-hybridized carbons (Fsp3) is 0.278. The van der Waals surface area contributed by atoms with Gasteiger partial charge >= 0.3 is 0 Å². The minimum absolute atomic E-state index is 0.286. The lowest BCUT2D eigenvalue weighted by atomic mass is 10.1. The van der Waals surface area contributed by atoms with Crippen molar-refractivity contribution >= 4 is 40.7 Å². The lowest BCUT2D eigenvalue weighted by molar-refractivity contribution is 0.0869. The number of amides is 1. The summed E-state index contributed by atoms with van der Waals surface area (Å²) in [5.41, 5.74) is 2.66. The normalized spacial score (nSPS) is 12.9. The van der Waals surface area contributed by atoms with E-state index in [0.717, 1.165) is 11.1 Å². The van der Waals surface area contributed by atoms with E-state index in [4.69, 9.17) is 34.8 Å². The van der Waals surface area contributed by atoms with Crippen molar-refractivity contribution in [3.05, 3.63) is 71.3 Å². The first kappa shape index (κ1) is 19.1. The first-order chi connectivity index (χ1) is 11.3. The zero-order valence-corrected chi connectivity index (χ0v) is 15.7. The Balaban J connectivity index is 2.13. The number of nitrogens with one attached hydrogen (secondary N) is 1. The van der Waals surface area contributed by atoms with Gasteiger partial charge in [-0.05, 0) is 31.7 Å². The monoisotopic (exact) mass is 384 g/mol. The third-order valence-electron chi connectivity index (χ3n) is 3.61. The number of rotatable bonds is 5. The maximum atomic E-state index is 12.5. The number of carbonyl (C=O) groups is 1. The van der Waals surface area contributed by atoms with Gasteiger partial charge in [-0.3, -0.25) is 9.69 Å². The van der Waals surface area contributed by atoms with Crippen molar-refractivity contribution in [1.29, 1.82) is 0 Å². The number of alkyl halides is 3. The van der Waals surface area contributed by atoms with E-state index < -0.39 is 9.96 Å². The molecule has 1 atom stereocenters. The van der Waals surface area contributed by atoms with Crippen LogP contribution in [0.4, 0.5) is 0 Å². The highest BCUT2D eigenvalue weighted by molar-refractivity contribution is 6.68. The van der Waals surface area contributed by atoms with Gasteiger partial charge in [-0.2, -0.15) is 0 Å². The van der Waals surface area contributed by atoms with Crippen LogP contribution in [0.15, 0.2) is 54.6 Å². The van der Waals surface area contributed by atoms with Gasteiger partial charge in [0.15, 0.2) is 0 Å². The van der Waals surface area contributed by atoms with Gasteiger partial charge in [-0.1, -0.05) is 82.8 Å². The molecule has 2 aromatic carbocycles. The second kappa shape index (κ2) is 8.21. The molecule has 0 spiro atoms. The average molecular weight is 386 g/mol.